The summed E-state index contributed by atoms with van der Waals surface area (Å²) in [5.41, 5.74) is 3.03. The van der Waals surface area contributed by atoms with Crippen LogP contribution < -0.4 is 10.2 Å². The molecule has 0 unspecified atom stereocenters. The van der Waals surface area contributed by atoms with Gasteiger partial charge in [-0.15, -0.1) is 0 Å². The summed E-state index contributed by atoms with van der Waals surface area (Å²) in [5, 5.41) is 3.97. The fraction of sp³-hybridized carbons (Fsp3) is 0.185. The van der Waals surface area contributed by atoms with Gasteiger partial charge in [-0.2, -0.15) is 13.7 Å². The number of nitrogens with one attached hydrogen (secondary N) is 1. The second kappa shape index (κ2) is 12.3. The fourth-order valence-corrected chi connectivity index (χ4v) is 7.03. The Labute approximate surface area is 228 Å². The predicted molar refractivity (Wildman–Crippen MR) is 147 cm³/mol. The van der Waals surface area contributed by atoms with Crippen LogP contribution in [0, 0.1) is 0 Å². The molecule has 0 aliphatic carbocycles. The second-order valence-corrected chi connectivity index (χ2v) is 12.4. The summed E-state index contributed by atoms with van der Waals surface area (Å²) >= 11 is 0. The molecule has 0 radical (unpaired) electrons. The number of hydrogen-bond acceptors (Lipinski definition) is 7. The van der Waals surface area contributed by atoms with Gasteiger partial charge in [-0.25, -0.2) is 22.3 Å². The van der Waals surface area contributed by atoms with Gasteiger partial charge >= 0.3 is 0 Å². The van der Waals surface area contributed by atoms with Crippen LogP contribution in [-0.4, -0.2) is 69.9 Å². The van der Waals surface area contributed by atoms with Gasteiger partial charge in [0, 0.05) is 19.6 Å². The van der Waals surface area contributed by atoms with Crippen molar-refractivity contribution in [2.45, 2.75) is 15.8 Å². The molecule has 0 spiro atoms. The van der Waals surface area contributed by atoms with Gasteiger partial charge in [0.05, 0.1) is 16.0 Å². The molecule has 1 saturated heterocycles. The first-order valence-corrected chi connectivity index (χ1v) is 14.9. The zero-order chi connectivity index (χ0) is 27.9. The van der Waals surface area contributed by atoms with Gasteiger partial charge < -0.3 is 4.74 Å². The minimum Gasteiger partial charge on any atom is -0.490 e. The van der Waals surface area contributed by atoms with E-state index in [0.717, 1.165) is 8.61 Å². The van der Waals surface area contributed by atoms with E-state index in [1.54, 1.807) is 66.7 Å². The highest BCUT2D eigenvalue weighted by molar-refractivity contribution is 7.89. The molecule has 1 aliphatic heterocycles. The third kappa shape index (κ3) is 6.60. The highest BCUT2D eigenvalue weighted by Crippen LogP contribution is 2.25. The molecule has 3 aromatic rings. The van der Waals surface area contributed by atoms with Crippen molar-refractivity contribution in [1.82, 2.24) is 14.0 Å². The Morgan fingerprint density at radius 3 is 2.08 bits per heavy atom. The van der Waals surface area contributed by atoms with Crippen LogP contribution in [0.15, 0.2) is 112 Å². The quantitative estimate of drug-likeness (QED) is 0.228. The zero-order valence-corrected chi connectivity index (χ0v) is 22.6. The average molecular weight is 569 g/mol. The number of amides is 1. The number of benzene rings is 3. The molecule has 0 bridgehead atoms. The molecule has 1 aliphatic rings. The molecule has 0 aromatic heterocycles. The number of nitrogens with zero attached hydrogens (tertiary/aromatic N) is 3. The van der Waals surface area contributed by atoms with Crippen molar-refractivity contribution in [3.63, 3.8) is 0 Å². The molecule has 1 amide bonds. The van der Waals surface area contributed by atoms with Gasteiger partial charge in [-0.1, -0.05) is 49.1 Å². The monoisotopic (exact) mass is 568 g/mol. The zero-order valence-electron chi connectivity index (χ0n) is 21.0. The first kappa shape index (κ1) is 28.2. The van der Waals surface area contributed by atoms with Crippen LogP contribution in [0.5, 0.6) is 5.75 Å². The molecular formula is C27H28N4O6S2. The molecular weight excluding hydrogens is 540 g/mol. The number of carbonyl (C=O) groups is 1. The Morgan fingerprint density at radius 1 is 0.897 bits per heavy atom. The summed E-state index contributed by atoms with van der Waals surface area (Å²) in [6.45, 7) is 3.26. The van der Waals surface area contributed by atoms with Crippen LogP contribution in [0.25, 0.3) is 0 Å². The van der Waals surface area contributed by atoms with Gasteiger partial charge in [-0.05, 0) is 54.1 Å². The maximum Gasteiger partial charge on any atom is 0.259 e. The fourth-order valence-electron chi connectivity index (χ4n) is 3.98. The van der Waals surface area contributed by atoms with Crippen molar-refractivity contribution in [1.29, 1.82) is 0 Å². The van der Waals surface area contributed by atoms with Crippen molar-refractivity contribution >= 4 is 32.2 Å². The molecule has 1 fully saturated rings. The molecule has 39 heavy (non-hydrogen) atoms. The van der Waals surface area contributed by atoms with Crippen LogP contribution in [0.4, 0.5) is 0 Å². The summed E-state index contributed by atoms with van der Waals surface area (Å²) in [4.78, 5) is 13.3. The van der Waals surface area contributed by atoms with Crippen LogP contribution >= 0.6 is 0 Å². The van der Waals surface area contributed by atoms with Gasteiger partial charge in [0.2, 0.25) is 20.0 Å². The van der Waals surface area contributed by atoms with Crippen molar-refractivity contribution in [3.8, 4) is 5.75 Å². The summed E-state index contributed by atoms with van der Waals surface area (Å²) in [6, 6.07) is 21.1. The van der Waals surface area contributed by atoms with Crippen LogP contribution in [-0.2, 0) is 24.8 Å². The van der Waals surface area contributed by atoms with Gasteiger partial charge in [-0.3, -0.25) is 4.79 Å². The highest BCUT2D eigenvalue weighted by atomic mass is 32.2. The number of rotatable bonds is 10. The summed E-state index contributed by atoms with van der Waals surface area (Å²) in [7, 11) is -8.06. The molecule has 0 saturated carbocycles. The van der Waals surface area contributed by atoms with Crippen LogP contribution in [0.2, 0.25) is 0 Å². The predicted octanol–water partition coefficient (Wildman–Crippen LogP) is 2.47. The van der Waals surface area contributed by atoms with Crippen molar-refractivity contribution < 1.29 is 26.4 Å². The number of piperazine rings is 1. The number of hydrazone groups is 1. The van der Waals surface area contributed by atoms with Gasteiger partial charge in [0.1, 0.15) is 18.4 Å². The number of hydrogen-bond donors (Lipinski definition) is 1. The number of carbonyl (C=O) groups excluding carboxylic acids is 1. The minimum atomic E-state index is -4.10. The third-order valence-electron chi connectivity index (χ3n) is 5.96. The van der Waals surface area contributed by atoms with E-state index in [2.05, 4.69) is 17.1 Å². The van der Waals surface area contributed by atoms with E-state index >= 15 is 0 Å². The van der Waals surface area contributed by atoms with Gasteiger partial charge in [0.15, 0.2) is 0 Å². The standard InChI is InChI=1S/C27H28N4O6S2/c1-2-19-37-23-15-13-22(14-16-23)20-28-29-27(32)26-21-30(38(33,34)24-9-5-3-6-10-24)17-18-31(26)39(35,36)25-11-7-4-8-12-25/h2-16,20,26H,1,17-19,21H2,(H,29,32)/b28-20-/t26-/m0/s1. The van der Waals surface area contributed by atoms with Crippen molar-refractivity contribution in [2.24, 2.45) is 5.10 Å². The van der Waals surface area contributed by atoms with Gasteiger partial charge in [0.25, 0.3) is 5.91 Å². The molecule has 1 N–H and O–H groups in total. The summed E-state index contributed by atoms with van der Waals surface area (Å²) < 4.78 is 61.0. The normalized spacial score (nSPS) is 17.1. The Balaban J connectivity index is 1.56. The van der Waals surface area contributed by atoms with E-state index in [9.17, 15) is 21.6 Å². The molecule has 4 rings (SSSR count). The molecule has 1 heterocycles. The smallest absolute Gasteiger partial charge is 0.259 e. The lowest BCUT2D eigenvalue weighted by molar-refractivity contribution is -0.125. The SMILES string of the molecule is C=CCOc1ccc(/C=N\NC(=O)[C@@H]2CN(S(=O)(=O)c3ccccc3)CCN2S(=O)(=O)c2ccccc2)cc1. The molecule has 204 valence electrons. The molecule has 3 aromatic carbocycles. The lowest BCUT2D eigenvalue weighted by Gasteiger charge is -2.38. The topological polar surface area (TPSA) is 125 Å². The van der Waals surface area contributed by atoms with Crippen LogP contribution in [0.1, 0.15) is 5.56 Å². The second-order valence-electron chi connectivity index (χ2n) is 8.52. The van der Waals surface area contributed by atoms with Crippen molar-refractivity contribution in [2.75, 3.05) is 26.2 Å². The first-order chi connectivity index (χ1) is 18.7. The largest absolute Gasteiger partial charge is 0.490 e. The minimum absolute atomic E-state index is 0.00410. The van der Waals surface area contributed by atoms with Crippen molar-refractivity contribution in [3.05, 3.63) is 103 Å². The Bertz CT molecular complexity index is 1530. The van der Waals surface area contributed by atoms with E-state index in [1.807, 2.05) is 0 Å². The lowest BCUT2D eigenvalue weighted by atomic mass is 10.2. The Hall–Kier alpha value is -3.84. The Kier molecular flexibility index (Phi) is 8.92. The summed E-state index contributed by atoms with van der Waals surface area (Å²) in [5.74, 6) is -0.121. The average Bonchev–Trinajstić information content (AvgIpc) is 2.97. The number of sulfonamides is 2. The van der Waals surface area contributed by atoms with E-state index in [4.69, 9.17) is 4.74 Å². The summed E-state index contributed by atoms with van der Waals surface area (Å²) in [6.07, 6.45) is 3.02. The number of ether oxygens (including phenoxy) is 1. The van der Waals surface area contributed by atoms with E-state index in [-0.39, 0.29) is 29.4 Å². The van der Waals surface area contributed by atoms with E-state index in [0.29, 0.717) is 17.9 Å². The Morgan fingerprint density at radius 2 is 1.49 bits per heavy atom. The molecule has 10 nitrogen and oxygen atoms in total. The van der Waals surface area contributed by atoms with E-state index < -0.39 is 32.0 Å². The molecule has 1 atom stereocenters. The van der Waals surface area contributed by atoms with E-state index in [1.165, 1.54) is 30.5 Å². The lowest BCUT2D eigenvalue weighted by Crippen LogP contribution is -2.60. The van der Waals surface area contributed by atoms with Crippen LogP contribution in [0.3, 0.4) is 0 Å². The first-order valence-electron chi connectivity index (χ1n) is 12.0. The maximum absolute atomic E-state index is 13.5. The maximum atomic E-state index is 13.5. The highest BCUT2D eigenvalue weighted by Gasteiger charge is 2.43. The third-order valence-corrected chi connectivity index (χ3v) is 9.77. The molecule has 12 heteroatoms.